The van der Waals surface area contributed by atoms with E-state index in [9.17, 15) is 18.4 Å². The van der Waals surface area contributed by atoms with Crippen molar-refractivity contribution < 1.29 is 13.6 Å². The Morgan fingerprint density at radius 3 is 2.39 bits per heavy atom. The first-order valence-corrected chi connectivity index (χ1v) is 12.5. The van der Waals surface area contributed by atoms with Gasteiger partial charge in [-0.2, -0.15) is 4.98 Å². The van der Waals surface area contributed by atoms with Crippen LogP contribution in [0.4, 0.5) is 14.7 Å². The largest absolute Gasteiger partial charge is 0.355 e. The van der Waals surface area contributed by atoms with Gasteiger partial charge in [0.25, 0.3) is 11.5 Å². The number of hydrogen-bond donors (Lipinski definition) is 2. The van der Waals surface area contributed by atoms with E-state index in [1.54, 1.807) is 24.3 Å². The highest BCUT2D eigenvalue weighted by atomic mass is 19.1. The standard InChI is InChI=1S/C28H30F2N6O2/c1-4-35(5-2)16-8-15-32-28-33-24(18-9-6-10-19(17-18)27(38)31-3)20-13-14-23(37)36(26(20)34-28)25-21(29)11-7-12-22(25)30/h6-7,9-14,17H,4-5,8,15-16H2,1-3H3,(H,31,38)(H,32,33,34). The highest BCUT2D eigenvalue weighted by Crippen LogP contribution is 2.29. The lowest BCUT2D eigenvalue weighted by Gasteiger charge is -2.18. The molecule has 0 radical (unpaired) electrons. The molecular weight excluding hydrogens is 490 g/mol. The summed E-state index contributed by atoms with van der Waals surface area (Å²) in [5.74, 6) is -1.86. The summed E-state index contributed by atoms with van der Waals surface area (Å²) in [6, 6.07) is 13.0. The number of carbonyl (C=O) groups excluding carboxylic acids is 1. The molecule has 0 aliphatic heterocycles. The monoisotopic (exact) mass is 520 g/mol. The van der Waals surface area contributed by atoms with E-state index >= 15 is 0 Å². The fourth-order valence-corrected chi connectivity index (χ4v) is 4.33. The van der Waals surface area contributed by atoms with Crippen LogP contribution >= 0.6 is 0 Å². The molecule has 4 aromatic rings. The van der Waals surface area contributed by atoms with Gasteiger partial charge in [-0.25, -0.2) is 13.8 Å². The average Bonchev–Trinajstić information content (AvgIpc) is 2.93. The molecule has 0 saturated carbocycles. The molecule has 4 rings (SSSR count). The number of benzene rings is 2. The van der Waals surface area contributed by atoms with E-state index in [1.165, 1.54) is 25.2 Å². The van der Waals surface area contributed by atoms with E-state index in [0.717, 1.165) is 42.8 Å². The van der Waals surface area contributed by atoms with Crippen LogP contribution in [0.15, 0.2) is 59.4 Å². The SMILES string of the molecule is CCN(CC)CCCNc1nc(-c2cccc(C(=O)NC)c2)c2ccc(=O)n(-c3c(F)cccc3F)c2n1. The van der Waals surface area contributed by atoms with Gasteiger partial charge in [0, 0.05) is 36.2 Å². The third-order valence-electron chi connectivity index (χ3n) is 6.37. The van der Waals surface area contributed by atoms with Crippen molar-refractivity contribution in [1.29, 1.82) is 0 Å². The molecule has 0 saturated heterocycles. The molecule has 2 aromatic heterocycles. The molecule has 10 heteroatoms. The predicted octanol–water partition coefficient (Wildman–Crippen LogP) is 4.23. The molecule has 0 aliphatic carbocycles. The van der Waals surface area contributed by atoms with Crippen molar-refractivity contribution in [2.75, 3.05) is 38.5 Å². The summed E-state index contributed by atoms with van der Waals surface area (Å²) in [6.45, 7) is 7.50. The number of aromatic nitrogens is 3. The number of nitrogens with one attached hydrogen (secondary N) is 2. The summed E-state index contributed by atoms with van der Waals surface area (Å²) in [5.41, 5.74) is 0.306. The molecule has 2 heterocycles. The van der Waals surface area contributed by atoms with E-state index in [1.807, 2.05) is 0 Å². The third-order valence-corrected chi connectivity index (χ3v) is 6.37. The van der Waals surface area contributed by atoms with E-state index < -0.39 is 22.9 Å². The van der Waals surface area contributed by atoms with Gasteiger partial charge < -0.3 is 15.5 Å². The van der Waals surface area contributed by atoms with Crippen LogP contribution < -0.4 is 16.2 Å². The molecule has 1 amide bonds. The zero-order chi connectivity index (χ0) is 27.2. The van der Waals surface area contributed by atoms with Gasteiger partial charge in [-0.3, -0.25) is 14.2 Å². The highest BCUT2D eigenvalue weighted by Gasteiger charge is 2.20. The molecule has 2 N–H and O–H groups in total. The first-order chi connectivity index (χ1) is 18.4. The second-order valence-corrected chi connectivity index (χ2v) is 8.68. The van der Waals surface area contributed by atoms with Crippen molar-refractivity contribution in [1.82, 2.24) is 24.8 Å². The molecule has 38 heavy (non-hydrogen) atoms. The minimum absolute atomic E-state index is 0.0445. The van der Waals surface area contributed by atoms with Crippen LogP contribution in [0.5, 0.6) is 0 Å². The lowest BCUT2D eigenvalue weighted by atomic mass is 10.0. The number of rotatable bonds is 10. The summed E-state index contributed by atoms with van der Waals surface area (Å²) in [6.07, 6.45) is 0.814. The maximum absolute atomic E-state index is 14.8. The number of nitrogens with zero attached hydrogens (tertiary/aromatic N) is 4. The predicted molar refractivity (Wildman–Crippen MR) is 145 cm³/mol. The molecule has 0 atom stereocenters. The van der Waals surface area contributed by atoms with Crippen molar-refractivity contribution in [3.63, 3.8) is 0 Å². The number of anilines is 1. The average molecular weight is 521 g/mol. The summed E-state index contributed by atoms with van der Waals surface area (Å²) in [7, 11) is 1.54. The molecule has 0 spiro atoms. The second kappa shape index (κ2) is 11.9. The smallest absolute Gasteiger partial charge is 0.256 e. The number of para-hydroxylation sites is 1. The van der Waals surface area contributed by atoms with E-state index in [0.29, 0.717) is 28.8 Å². The van der Waals surface area contributed by atoms with E-state index in [4.69, 9.17) is 4.98 Å². The Hall–Kier alpha value is -4.18. The third kappa shape index (κ3) is 5.55. The molecule has 0 aliphatic rings. The number of carbonyl (C=O) groups is 1. The lowest BCUT2D eigenvalue weighted by Crippen LogP contribution is -2.25. The maximum Gasteiger partial charge on any atom is 0.256 e. The van der Waals surface area contributed by atoms with Crippen LogP contribution in [0, 0.1) is 11.6 Å². The van der Waals surface area contributed by atoms with Crippen LogP contribution in [0.2, 0.25) is 0 Å². The van der Waals surface area contributed by atoms with Gasteiger partial charge >= 0.3 is 0 Å². The molecule has 2 aromatic carbocycles. The quantitative estimate of drug-likeness (QED) is 0.304. The van der Waals surface area contributed by atoms with Crippen molar-refractivity contribution in [3.8, 4) is 16.9 Å². The number of halogens is 2. The Kier molecular flexibility index (Phi) is 8.42. The maximum atomic E-state index is 14.8. The summed E-state index contributed by atoms with van der Waals surface area (Å²) < 4.78 is 30.6. The van der Waals surface area contributed by atoms with Gasteiger partial charge in [0.2, 0.25) is 5.95 Å². The zero-order valence-corrected chi connectivity index (χ0v) is 21.6. The highest BCUT2D eigenvalue weighted by molar-refractivity contribution is 5.97. The van der Waals surface area contributed by atoms with Crippen LogP contribution in [0.1, 0.15) is 30.6 Å². The van der Waals surface area contributed by atoms with E-state index in [-0.39, 0.29) is 17.5 Å². The van der Waals surface area contributed by atoms with Gasteiger partial charge in [-0.15, -0.1) is 0 Å². The normalized spacial score (nSPS) is 11.2. The van der Waals surface area contributed by atoms with Crippen molar-refractivity contribution in [2.45, 2.75) is 20.3 Å². The topological polar surface area (TPSA) is 92.2 Å². The number of fused-ring (bicyclic) bond motifs is 1. The summed E-state index contributed by atoms with van der Waals surface area (Å²) in [4.78, 5) is 36.8. The van der Waals surface area contributed by atoms with Gasteiger partial charge in [-0.05, 0) is 56.4 Å². The molecule has 198 valence electrons. The Labute approximate surface area is 219 Å². The Balaban J connectivity index is 1.89. The minimum atomic E-state index is -0.893. The Bertz CT molecular complexity index is 1500. The van der Waals surface area contributed by atoms with Gasteiger partial charge in [0.15, 0.2) is 5.65 Å². The Morgan fingerprint density at radius 2 is 1.71 bits per heavy atom. The van der Waals surface area contributed by atoms with Crippen molar-refractivity contribution >= 4 is 22.9 Å². The molecule has 0 unspecified atom stereocenters. The molecule has 0 fully saturated rings. The van der Waals surface area contributed by atoms with Gasteiger partial charge in [0.1, 0.15) is 17.3 Å². The van der Waals surface area contributed by atoms with Crippen LogP contribution in [0.25, 0.3) is 28.0 Å². The fourth-order valence-electron chi connectivity index (χ4n) is 4.33. The first-order valence-electron chi connectivity index (χ1n) is 12.5. The second-order valence-electron chi connectivity index (χ2n) is 8.68. The van der Waals surface area contributed by atoms with Crippen molar-refractivity contribution in [2.24, 2.45) is 0 Å². The van der Waals surface area contributed by atoms with Crippen LogP contribution in [0.3, 0.4) is 0 Å². The number of amides is 1. The van der Waals surface area contributed by atoms with Crippen molar-refractivity contribution in [3.05, 3.63) is 82.1 Å². The molecule has 0 bridgehead atoms. The van der Waals surface area contributed by atoms with Crippen LogP contribution in [-0.4, -0.2) is 58.6 Å². The number of pyridine rings is 1. The molecular formula is C28H30F2N6O2. The minimum Gasteiger partial charge on any atom is -0.355 e. The molecule has 8 nitrogen and oxygen atoms in total. The number of hydrogen-bond acceptors (Lipinski definition) is 6. The lowest BCUT2D eigenvalue weighted by molar-refractivity contribution is 0.0963. The van der Waals surface area contributed by atoms with Gasteiger partial charge in [-0.1, -0.05) is 32.0 Å². The van der Waals surface area contributed by atoms with E-state index in [2.05, 4.69) is 34.4 Å². The first kappa shape index (κ1) is 26.9. The van der Waals surface area contributed by atoms with Gasteiger partial charge in [0.05, 0.1) is 5.69 Å². The zero-order valence-electron chi connectivity index (χ0n) is 21.6. The Morgan fingerprint density at radius 1 is 1.00 bits per heavy atom. The summed E-state index contributed by atoms with van der Waals surface area (Å²) in [5, 5.41) is 6.19. The van der Waals surface area contributed by atoms with Crippen LogP contribution in [-0.2, 0) is 0 Å². The fraction of sp³-hybridized carbons (Fsp3) is 0.286. The summed E-state index contributed by atoms with van der Waals surface area (Å²) >= 11 is 0.